The van der Waals surface area contributed by atoms with Crippen molar-refractivity contribution in [1.29, 1.82) is 0 Å². The summed E-state index contributed by atoms with van der Waals surface area (Å²) < 4.78 is 0. The first kappa shape index (κ1) is 19.9. The predicted octanol–water partition coefficient (Wildman–Crippen LogP) is 2.50. The molecule has 0 aromatic heterocycles. The molecule has 1 aromatic carbocycles. The number of nitrogens with zero attached hydrogens (tertiary/aromatic N) is 2. The van der Waals surface area contributed by atoms with E-state index in [2.05, 4.69) is 17.1 Å². The molecule has 1 heterocycles. The van der Waals surface area contributed by atoms with Crippen LogP contribution in [0, 0.1) is 10.1 Å². The third kappa shape index (κ3) is 4.71. The van der Waals surface area contributed by atoms with Gasteiger partial charge in [0.05, 0.1) is 4.92 Å². The summed E-state index contributed by atoms with van der Waals surface area (Å²) in [6.45, 7) is 5.83. The van der Waals surface area contributed by atoms with E-state index in [0.717, 1.165) is 38.2 Å². The van der Waals surface area contributed by atoms with Crippen molar-refractivity contribution >= 4 is 30.5 Å². The van der Waals surface area contributed by atoms with Crippen LogP contribution >= 0.6 is 24.8 Å². The Balaban J connectivity index is 0.00000200. The molecule has 2 N–H and O–H groups in total. The summed E-state index contributed by atoms with van der Waals surface area (Å²) in [6, 6.07) is 4.85. The zero-order valence-corrected chi connectivity index (χ0v) is 13.5. The number of nitro benzene ring substituents is 1. The maximum absolute atomic E-state index is 10.9. The average Bonchev–Trinajstić information content (AvgIpc) is 2.42. The van der Waals surface area contributed by atoms with Gasteiger partial charge < -0.3 is 10.4 Å². The van der Waals surface area contributed by atoms with Gasteiger partial charge in [0.25, 0.3) is 0 Å². The van der Waals surface area contributed by atoms with Gasteiger partial charge in [0, 0.05) is 38.3 Å². The molecule has 120 valence electrons. The van der Waals surface area contributed by atoms with E-state index in [1.54, 1.807) is 6.07 Å². The number of aromatic hydroxyl groups is 1. The molecule has 0 saturated carbocycles. The molecule has 1 saturated heterocycles. The highest BCUT2D eigenvalue weighted by Crippen LogP contribution is 2.32. The van der Waals surface area contributed by atoms with Crippen LogP contribution in [-0.2, 0) is 0 Å². The molecule has 0 aliphatic carbocycles. The van der Waals surface area contributed by atoms with Gasteiger partial charge in [0.2, 0.25) is 0 Å². The minimum atomic E-state index is -0.538. The third-order valence-corrected chi connectivity index (χ3v) is 3.56. The van der Waals surface area contributed by atoms with E-state index in [-0.39, 0.29) is 42.3 Å². The van der Waals surface area contributed by atoms with Crippen molar-refractivity contribution in [3.63, 3.8) is 0 Å². The van der Waals surface area contributed by atoms with E-state index in [0.29, 0.717) is 0 Å². The number of halogens is 2. The fraction of sp³-hybridized carbons (Fsp3) is 0.538. The number of rotatable bonds is 4. The predicted molar refractivity (Wildman–Crippen MR) is 86.7 cm³/mol. The van der Waals surface area contributed by atoms with E-state index in [9.17, 15) is 15.2 Å². The molecule has 1 fully saturated rings. The molecule has 1 aromatic rings. The van der Waals surface area contributed by atoms with Crippen molar-refractivity contribution in [3.05, 3.63) is 33.9 Å². The second-order valence-corrected chi connectivity index (χ2v) is 4.72. The first-order chi connectivity index (χ1) is 9.13. The Bertz CT molecular complexity index is 468. The van der Waals surface area contributed by atoms with Crippen LogP contribution in [0.3, 0.4) is 0 Å². The maximum Gasteiger partial charge on any atom is 0.311 e. The third-order valence-electron chi connectivity index (χ3n) is 3.56. The first-order valence-electron chi connectivity index (χ1n) is 6.55. The molecule has 0 amide bonds. The smallest absolute Gasteiger partial charge is 0.311 e. The molecular formula is C13H21Cl2N3O3. The number of phenols is 1. The second-order valence-electron chi connectivity index (χ2n) is 4.72. The minimum Gasteiger partial charge on any atom is -0.502 e. The van der Waals surface area contributed by atoms with Crippen LogP contribution in [0.1, 0.15) is 24.9 Å². The highest BCUT2D eigenvalue weighted by atomic mass is 35.5. The van der Waals surface area contributed by atoms with Crippen LogP contribution in [0.25, 0.3) is 0 Å². The quantitative estimate of drug-likeness (QED) is 0.651. The van der Waals surface area contributed by atoms with Gasteiger partial charge in [-0.25, -0.2) is 0 Å². The Kier molecular flexibility index (Phi) is 8.58. The largest absolute Gasteiger partial charge is 0.502 e. The summed E-state index contributed by atoms with van der Waals surface area (Å²) in [6.07, 6.45) is 0.891. The van der Waals surface area contributed by atoms with Gasteiger partial charge in [0.15, 0.2) is 5.75 Å². The zero-order chi connectivity index (χ0) is 13.8. The molecule has 0 unspecified atom stereocenters. The second kappa shape index (κ2) is 9.04. The fourth-order valence-electron chi connectivity index (χ4n) is 2.59. The van der Waals surface area contributed by atoms with Crippen molar-refractivity contribution in [2.24, 2.45) is 0 Å². The lowest BCUT2D eigenvalue weighted by Crippen LogP contribution is -2.45. The molecule has 0 radical (unpaired) electrons. The Morgan fingerprint density at radius 2 is 2.00 bits per heavy atom. The molecule has 8 heteroatoms. The molecule has 6 nitrogen and oxygen atoms in total. The molecule has 0 bridgehead atoms. The van der Waals surface area contributed by atoms with E-state index in [1.807, 2.05) is 0 Å². The summed E-state index contributed by atoms with van der Waals surface area (Å²) >= 11 is 0. The molecule has 21 heavy (non-hydrogen) atoms. The normalized spacial score (nSPS) is 16.4. The standard InChI is InChI=1S/C13H19N3O3.2ClH/c1-2-11(15-7-5-14-6-8-15)10-3-4-13(17)12(9-10)16(18)19;;/h3-4,9,11,14,17H,2,5-8H2,1H3;2*1H/t11-;;/m0../s1. The highest BCUT2D eigenvalue weighted by Gasteiger charge is 2.23. The van der Waals surface area contributed by atoms with Crippen LogP contribution in [0.5, 0.6) is 5.75 Å². The van der Waals surface area contributed by atoms with Gasteiger partial charge in [-0.05, 0) is 18.1 Å². The Hall–Kier alpha value is -1.08. The molecule has 2 rings (SSSR count). The number of phenolic OH excluding ortho intramolecular Hbond substituents is 1. The molecule has 0 spiro atoms. The van der Waals surface area contributed by atoms with E-state index in [1.165, 1.54) is 12.1 Å². The van der Waals surface area contributed by atoms with Crippen LogP contribution in [0.15, 0.2) is 18.2 Å². The van der Waals surface area contributed by atoms with Crippen molar-refractivity contribution in [2.75, 3.05) is 26.2 Å². The minimum absolute atomic E-state index is 0. The van der Waals surface area contributed by atoms with Crippen molar-refractivity contribution in [1.82, 2.24) is 10.2 Å². The van der Waals surface area contributed by atoms with Gasteiger partial charge in [0.1, 0.15) is 0 Å². The lowest BCUT2D eigenvalue weighted by molar-refractivity contribution is -0.386. The topological polar surface area (TPSA) is 78.6 Å². The summed E-state index contributed by atoms with van der Waals surface area (Å²) in [5.41, 5.74) is 0.681. The lowest BCUT2D eigenvalue weighted by atomic mass is 10.0. The van der Waals surface area contributed by atoms with E-state index < -0.39 is 4.92 Å². The monoisotopic (exact) mass is 337 g/mol. The number of hydrogen-bond donors (Lipinski definition) is 2. The first-order valence-corrected chi connectivity index (χ1v) is 6.55. The van der Waals surface area contributed by atoms with Gasteiger partial charge >= 0.3 is 5.69 Å². The van der Waals surface area contributed by atoms with Gasteiger partial charge in [-0.1, -0.05) is 13.0 Å². The Morgan fingerprint density at radius 1 is 1.38 bits per heavy atom. The summed E-state index contributed by atoms with van der Waals surface area (Å²) in [4.78, 5) is 12.7. The van der Waals surface area contributed by atoms with Crippen LogP contribution in [0.4, 0.5) is 5.69 Å². The Morgan fingerprint density at radius 3 is 2.52 bits per heavy atom. The lowest BCUT2D eigenvalue weighted by Gasteiger charge is -2.34. The molecular weight excluding hydrogens is 317 g/mol. The highest BCUT2D eigenvalue weighted by molar-refractivity contribution is 5.85. The average molecular weight is 338 g/mol. The van der Waals surface area contributed by atoms with Crippen molar-refractivity contribution in [2.45, 2.75) is 19.4 Å². The van der Waals surface area contributed by atoms with Crippen LogP contribution in [0.2, 0.25) is 0 Å². The van der Waals surface area contributed by atoms with Crippen LogP contribution < -0.4 is 5.32 Å². The van der Waals surface area contributed by atoms with Gasteiger partial charge in [-0.2, -0.15) is 0 Å². The summed E-state index contributed by atoms with van der Waals surface area (Å²) in [5, 5.41) is 23.7. The number of piperazine rings is 1. The Labute approximate surface area is 136 Å². The molecule has 1 atom stereocenters. The maximum atomic E-state index is 10.9. The number of nitro groups is 1. The number of benzene rings is 1. The van der Waals surface area contributed by atoms with Crippen LogP contribution in [-0.4, -0.2) is 41.1 Å². The number of hydrogen-bond acceptors (Lipinski definition) is 5. The number of nitrogens with one attached hydrogen (secondary N) is 1. The SMILES string of the molecule is CC[C@@H](c1ccc(O)c([N+](=O)[O-])c1)N1CCNCC1.Cl.Cl. The van der Waals surface area contributed by atoms with Gasteiger partial charge in [-0.3, -0.25) is 15.0 Å². The molecule has 1 aliphatic rings. The van der Waals surface area contributed by atoms with E-state index in [4.69, 9.17) is 0 Å². The van der Waals surface area contributed by atoms with E-state index >= 15 is 0 Å². The van der Waals surface area contributed by atoms with Crippen molar-refractivity contribution in [3.8, 4) is 5.75 Å². The zero-order valence-electron chi connectivity index (χ0n) is 11.8. The van der Waals surface area contributed by atoms with Crippen molar-refractivity contribution < 1.29 is 10.0 Å². The summed E-state index contributed by atoms with van der Waals surface area (Å²) in [7, 11) is 0. The summed E-state index contributed by atoms with van der Waals surface area (Å²) in [5.74, 6) is -0.274. The molecule has 1 aliphatic heterocycles. The fourth-order valence-corrected chi connectivity index (χ4v) is 2.59. The van der Waals surface area contributed by atoms with Gasteiger partial charge in [-0.15, -0.1) is 24.8 Å².